The van der Waals surface area contributed by atoms with Crippen molar-refractivity contribution in [2.24, 2.45) is 4.99 Å². The summed E-state index contributed by atoms with van der Waals surface area (Å²) in [4.78, 5) is 4.32. The third kappa shape index (κ3) is 4.12. The normalized spacial score (nSPS) is 11.2. The molecule has 1 nitrogen and oxygen atoms in total. The second kappa shape index (κ2) is 6.62. The van der Waals surface area contributed by atoms with Gasteiger partial charge in [0.1, 0.15) is 0 Å². The highest BCUT2D eigenvalue weighted by molar-refractivity contribution is 6.42. The van der Waals surface area contributed by atoms with Crippen molar-refractivity contribution < 1.29 is 0 Å². The average Bonchev–Trinajstić information content (AvgIpc) is 2.38. The van der Waals surface area contributed by atoms with Gasteiger partial charge in [0, 0.05) is 6.21 Å². The Balaban J connectivity index is 2.06. The molecule has 0 aliphatic heterocycles. The molecule has 0 aliphatic rings. The van der Waals surface area contributed by atoms with Gasteiger partial charge in [-0.2, -0.15) is 0 Å². The maximum absolute atomic E-state index is 5.93. The van der Waals surface area contributed by atoms with E-state index >= 15 is 0 Å². The number of hydrogen-bond acceptors (Lipinski definition) is 1. The zero-order chi connectivity index (χ0) is 13.8. The molecule has 0 bridgehead atoms. The molecule has 2 aromatic rings. The fourth-order valence-corrected chi connectivity index (χ4v) is 2.11. The molecule has 0 fully saturated rings. The number of benzene rings is 2. The lowest BCUT2D eigenvalue weighted by Gasteiger charge is -2.00. The predicted molar refractivity (Wildman–Crippen MR) is 84.2 cm³/mol. The molecular formula is C14H9Cl4N. The molecule has 0 heterocycles. The smallest absolute Gasteiger partial charge is 0.0640 e. The van der Waals surface area contributed by atoms with Crippen molar-refractivity contribution in [1.82, 2.24) is 0 Å². The molecule has 5 heteroatoms. The van der Waals surface area contributed by atoms with E-state index in [-0.39, 0.29) is 0 Å². The Morgan fingerprint density at radius 3 is 2.05 bits per heavy atom. The molecule has 0 saturated heterocycles. The van der Waals surface area contributed by atoms with Crippen LogP contribution in [-0.2, 0) is 6.54 Å². The van der Waals surface area contributed by atoms with Crippen LogP contribution in [0.25, 0.3) is 0 Å². The number of aliphatic imine (C=N–C) groups is 1. The quantitative estimate of drug-likeness (QED) is 0.618. The van der Waals surface area contributed by atoms with Gasteiger partial charge in [-0.25, -0.2) is 0 Å². The molecule has 0 atom stereocenters. The first-order valence-corrected chi connectivity index (χ1v) is 6.96. The van der Waals surface area contributed by atoms with Crippen LogP contribution in [0.2, 0.25) is 20.1 Å². The van der Waals surface area contributed by atoms with Crippen LogP contribution in [0.1, 0.15) is 11.1 Å². The zero-order valence-electron chi connectivity index (χ0n) is 9.71. The predicted octanol–water partition coefficient (Wildman–Crippen LogP) is 5.92. The summed E-state index contributed by atoms with van der Waals surface area (Å²) in [7, 11) is 0. The van der Waals surface area contributed by atoms with Crippen LogP contribution in [0.15, 0.2) is 41.4 Å². The lowest BCUT2D eigenvalue weighted by atomic mass is 10.2. The zero-order valence-corrected chi connectivity index (χ0v) is 12.7. The lowest BCUT2D eigenvalue weighted by Crippen LogP contribution is -1.85. The molecule has 0 N–H and O–H groups in total. The minimum absolute atomic E-state index is 0.514. The van der Waals surface area contributed by atoms with Crippen LogP contribution in [-0.4, -0.2) is 6.21 Å². The van der Waals surface area contributed by atoms with Gasteiger partial charge in [-0.3, -0.25) is 4.99 Å². The van der Waals surface area contributed by atoms with Gasteiger partial charge in [0.25, 0.3) is 0 Å². The third-order valence-corrected chi connectivity index (χ3v) is 3.92. The average molecular weight is 333 g/mol. The van der Waals surface area contributed by atoms with Crippen LogP contribution in [0.3, 0.4) is 0 Å². The minimum atomic E-state index is 0.514. The number of hydrogen-bond donors (Lipinski definition) is 0. The first kappa shape index (κ1) is 14.7. The standard InChI is InChI=1S/C14H9Cl4N/c15-11-3-1-9(5-13(11)17)7-19-8-10-2-4-12(16)14(18)6-10/h1-7H,8H2. The number of nitrogens with zero attached hydrogens (tertiary/aromatic N) is 1. The minimum Gasteiger partial charge on any atom is -0.288 e. The number of halogens is 4. The van der Waals surface area contributed by atoms with E-state index in [1.807, 2.05) is 12.1 Å². The summed E-state index contributed by atoms with van der Waals surface area (Å²) in [6.07, 6.45) is 1.74. The maximum Gasteiger partial charge on any atom is 0.0640 e. The van der Waals surface area contributed by atoms with Crippen LogP contribution in [0.4, 0.5) is 0 Å². The molecule has 0 spiro atoms. The van der Waals surface area contributed by atoms with E-state index in [2.05, 4.69) is 4.99 Å². The monoisotopic (exact) mass is 331 g/mol. The lowest BCUT2D eigenvalue weighted by molar-refractivity contribution is 1.08. The van der Waals surface area contributed by atoms with Gasteiger partial charge in [0.05, 0.1) is 26.6 Å². The fourth-order valence-electron chi connectivity index (χ4n) is 1.49. The van der Waals surface area contributed by atoms with E-state index in [1.165, 1.54) is 0 Å². The van der Waals surface area contributed by atoms with E-state index < -0.39 is 0 Å². The van der Waals surface area contributed by atoms with E-state index in [4.69, 9.17) is 46.4 Å². The van der Waals surface area contributed by atoms with Gasteiger partial charge in [0.15, 0.2) is 0 Å². The highest BCUT2D eigenvalue weighted by atomic mass is 35.5. The van der Waals surface area contributed by atoms with Gasteiger partial charge in [0.2, 0.25) is 0 Å². The second-order valence-electron chi connectivity index (χ2n) is 3.89. The summed E-state index contributed by atoms with van der Waals surface area (Å²) < 4.78 is 0. The Bertz CT molecular complexity index is 623. The van der Waals surface area contributed by atoms with Gasteiger partial charge >= 0.3 is 0 Å². The molecule has 0 saturated carbocycles. The Hall–Kier alpha value is -0.730. The van der Waals surface area contributed by atoms with Crippen molar-refractivity contribution in [2.75, 3.05) is 0 Å². The van der Waals surface area contributed by atoms with Crippen molar-refractivity contribution in [1.29, 1.82) is 0 Å². The van der Waals surface area contributed by atoms with Crippen LogP contribution in [0.5, 0.6) is 0 Å². The maximum atomic E-state index is 5.93. The Kier molecular flexibility index (Phi) is 5.12. The first-order valence-electron chi connectivity index (χ1n) is 5.45. The summed E-state index contributed by atoms with van der Waals surface area (Å²) >= 11 is 23.5. The fraction of sp³-hybridized carbons (Fsp3) is 0.0714. The topological polar surface area (TPSA) is 12.4 Å². The number of rotatable bonds is 3. The molecule has 0 aliphatic carbocycles. The summed E-state index contributed by atoms with van der Waals surface area (Å²) in [5.74, 6) is 0. The van der Waals surface area contributed by atoms with E-state index in [0.717, 1.165) is 11.1 Å². The molecule has 0 amide bonds. The van der Waals surface area contributed by atoms with Crippen molar-refractivity contribution >= 4 is 52.6 Å². The summed E-state index contributed by atoms with van der Waals surface area (Å²) in [5.41, 5.74) is 1.89. The molecule has 98 valence electrons. The van der Waals surface area contributed by atoms with Gasteiger partial charge < -0.3 is 0 Å². The molecule has 2 aromatic carbocycles. The molecular weight excluding hydrogens is 324 g/mol. The Morgan fingerprint density at radius 1 is 0.789 bits per heavy atom. The largest absolute Gasteiger partial charge is 0.288 e. The van der Waals surface area contributed by atoms with Crippen LogP contribution in [0, 0.1) is 0 Å². The summed E-state index contributed by atoms with van der Waals surface area (Å²) in [6.45, 7) is 0.525. The first-order chi connectivity index (χ1) is 9.06. The highest BCUT2D eigenvalue weighted by Crippen LogP contribution is 2.23. The van der Waals surface area contributed by atoms with Gasteiger partial charge in [-0.15, -0.1) is 0 Å². The third-order valence-electron chi connectivity index (χ3n) is 2.44. The Morgan fingerprint density at radius 2 is 1.42 bits per heavy atom. The van der Waals surface area contributed by atoms with Crippen molar-refractivity contribution in [2.45, 2.75) is 6.54 Å². The summed E-state index contributed by atoms with van der Waals surface area (Å²) in [5, 5.41) is 2.12. The van der Waals surface area contributed by atoms with Crippen molar-refractivity contribution in [3.05, 3.63) is 67.6 Å². The van der Waals surface area contributed by atoms with Crippen molar-refractivity contribution in [3.8, 4) is 0 Å². The molecule has 2 rings (SSSR count). The van der Waals surface area contributed by atoms with Gasteiger partial charge in [-0.1, -0.05) is 58.5 Å². The van der Waals surface area contributed by atoms with E-state index in [0.29, 0.717) is 26.6 Å². The van der Waals surface area contributed by atoms with Crippen LogP contribution >= 0.6 is 46.4 Å². The SMILES string of the molecule is Clc1ccc(C=NCc2ccc(Cl)c(Cl)c2)cc1Cl. The van der Waals surface area contributed by atoms with Gasteiger partial charge in [-0.05, 0) is 35.4 Å². The summed E-state index contributed by atoms with van der Waals surface area (Å²) in [6, 6.07) is 10.8. The molecule has 0 unspecified atom stereocenters. The molecule has 19 heavy (non-hydrogen) atoms. The molecule has 0 aromatic heterocycles. The van der Waals surface area contributed by atoms with Crippen molar-refractivity contribution in [3.63, 3.8) is 0 Å². The van der Waals surface area contributed by atoms with Crippen LogP contribution < -0.4 is 0 Å². The highest BCUT2D eigenvalue weighted by Gasteiger charge is 1.99. The second-order valence-corrected chi connectivity index (χ2v) is 5.52. The van der Waals surface area contributed by atoms with E-state index in [9.17, 15) is 0 Å². The Labute approximate surface area is 131 Å². The van der Waals surface area contributed by atoms with E-state index in [1.54, 1.807) is 30.5 Å². The molecule has 0 radical (unpaired) electrons.